The van der Waals surface area contributed by atoms with E-state index in [1.165, 1.54) is 0 Å². The molecule has 0 unspecified atom stereocenters. The minimum Gasteiger partial charge on any atom is -0.449 e. The van der Waals surface area contributed by atoms with E-state index in [2.05, 4.69) is 5.32 Å². The molecule has 0 radical (unpaired) electrons. The molecule has 12 nitrogen and oxygen atoms in total. The van der Waals surface area contributed by atoms with Gasteiger partial charge in [-0.25, -0.2) is 14.4 Å². The van der Waals surface area contributed by atoms with Crippen LogP contribution in [0.15, 0.2) is 0 Å². The molecule has 1 amide bonds. The number of amides is 1. The first kappa shape index (κ1) is 32.7. The molecule has 12 heteroatoms. The Hall–Kier alpha value is -2.31. The van der Waals surface area contributed by atoms with E-state index in [0.717, 1.165) is 0 Å². The lowest BCUT2D eigenvalue weighted by atomic mass is 9.88. The summed E-state index contributed by atoms with van der Waals surface area (Å²) in [6.45, 7) is 14.7. The van der Waals surface area contributed by atoms with Gasteiger partial charge in [-0.3, -0.25) is 4.90 Å². The van der Waals surface area contributed by atoms with Crippen LogP contribution in [0.5, 0.6) is 0 Å². The summed E-state index contributed by atoms with van der Waals surface area (Å²) in [5.41, 5.74) is 8.69. The van der Waals surface area contributed by atoms with E-state index in [4.69, 9.17) is 35.2 Å². The third kappa shape index (κ3) is 16.9. The quantitative estimate of drug-likeness (QED) is 0.234. The molecule has 0 aliphatic carbocycles. The summed E-state index contributed by atoms with van der Waals surface area (Å²) in [6.07, 6.45) is -2.04. The first-order valence-electron chi connectivity index (χ1n) is 11.9. The number of nitrogens with zero attached hydrogens (tertiary/aromatic N) is 1. The molecule has 0 aromatic carbocycles. The number of hydrogen-bond acceptors (Lipinski definition) is 11. The Morgan fingerprint density at radius 1 is 0.743 bits per heavy atom. The normalized spacial score (nSPS) is 12.2. The Morgan fingerprint density at radius 3 is 1.54 bits per heavy atom. The number of ether oxygens (including phenoxy) is 5. The molecule has 0 aliphatic heterocycles. The second-order valence-electron chi connectivity index (χ2n) is 10.3. The highest BCUT2D eigenvalue weighted by Gasteiger charge is 2.35. The number of carbonyl (C=O) groups is 3. The van der Waals surface area contributed by atoms with Crippen molar-refractivity contribution in [2.45, 2.75) is 66.1 Å². The number of carbonyl (C=O) groups excluding carboxylic acids is 3. The molecular weight excluding hydrogens is 460 g/mol. The summed E-state index contributed by atoms with van der Waals surface area (Å²) in [7, 11) is 0. The molecule has 35 heavy (non-hydrogen) atoms. The van der Waals surface area contributed by atoms with Gasteiger partial charge in [0.05, 0.1) is 5.41 Å². The van der Waals surface area contributed by atoms with Gasteiger partial charge < -0.3 is 40.5 Å². The van der Waals surface area contributed by atoms with Crippen molar-refractivity contribution in [3.63, 3.8) is 0 Å². The summed E-state index contributed by atoms with van der Waals surface area (Å²) in [5, 5.41) is 2.67. The fourth-order valence-electron chi connectivity index (χ4n) is 2.70. The van der Waals surface area contributed by atoms with Gasteiger partial charge in [0.25, 0.3) is 0 Å². The van der Waals surface area contributed by atoms with Crippen LogP contribution in [0.1, 0.15) is 54.9 Å². The number of nitrogens with two attached hydrogens (primary N) is 2. The summed E-state index contributed by atoms with van der Waals surface area (Å²) < 4.78 is 26.3. The maximum absolute atomic E-state index is 12.3. The largest absolute Gasteiger partial charge is 0.508 e. The van der Waals surface area contributed by atoms with Crippen molar-refractivity contribution in [3.8, 4) is 0 Å². The smallest absolute Gasteiger partial charge is 0.449 e. The van der Waals surface area contributed by atoms with Crippen molar-refractivity contribution in [1.29, 1.82) is 0 Å². The van der Waals surface area contributed by atoms with Crippen LogP contribution < -0.4 is 16.8 Å². The van der Waals surface area contributed by atoms with Gasteiger partial charge >= 0.3 is 18.4 Å². The topological polar surface area (TPSA) is 165 Å². The van der Waals surface area contributed by atoms with Gasteiger partial charge in [-0.1, -0.05) is 6.92 Å². The standard InChI is InChI=1S/C23H46N4O8/c1-8-23(16-32-19(29)34-21(2,3)4,17-33-20(30)35-22(5,6)7)15-31-18(28)26-11-14-27(12-9-24)13-10-25/h8-17,24-25H2,1-7H3,(H,26,28). The van der Waals surface area contributed by atoms with Crippen LogP contribution in [-0.2, 0) is 23.7 Å². The minimum atomic E-state index is -1.00. The van der Waals surface area contributed by atoms with E-state index >= 15 is 0 Å². The Morgan fingerprint density at radius 2 is 1.17 bits per heavy atom. The lowest BCUT2D eigenvalue weighted by molar-refractivity contribution is -0.0687. The second-order valence-corrected chi connectivity index (χ2v) is 10.3. The Labute approximate surface area is 209 Å². The monoisotopic (exact) mass is 506 g/mol. The average Bonchev–Trinajstić information content (AvgIpc) is 2.71. The molecule has 0 spiro atoms. The molecule has 0 aromatic rings. The highest BCUT2D eigenvalue weighted by atomic mass is 16.7. The van der Waals surface area contributed by atoms with Crippen LogP contribution in [0.2, 0.25) is 0 Å². The molecule has 0 bridgehead atoms. The molecule has 0 saturated heterocycles. The van der Waals surface area contributed by atoms with Gasteiger partial charge in [0, 0.05) is 39.3 Å². The van der Waals surface area contributed by atoms with E-state index in [9.17, 15) is 14.4 Å². The Bertz CT molecular complexity index is 608. The van der Waals surface area contributed by atoms with Gasteiger partial charge in [-0.2, -0.15) is 0 Å². The number of hydrogen-bond donors (Lipinski definition) is 3. The lowest BCUT2D eigenvalue weighted by Crippen LogP contribution is -2.43. The molecule has 5 N–H and O–H groups in total. The molecule has 0 aromatic heterocycles. The first-order chi connectivity index (χ1) is 16.1. The van der Waals surface area contributed by atoms with Crippen LogP contribution >= 0.6 is 0 Å². The zero-order valence-corrected chi connectivity index (χ0v) is 22.4. The van der Waals surface area contributed by atoms with Crippen molar-refractivity contribution in [1.82, 2.24) is 10.2 Å². The second kappa shape index (κ2) is 15.6. The zero-order valence-electron chi connectivity index (χ0n) is 22.4. The molecule has 0 atom stereocenters. The van der Waals surface area contributed by atoms with E-state index in [1.807, 2.05) is 4.90 Å². The Balaban J connectivity index is 5.07. The SMILES string of the molecule is CCC(COC(=O)NCCN(CCN)CCN)(COC(=O)OC(C)(C)C)COC(=O)OC(C)(C)C. The van der Waals surface area contributed by atoms with E-state index in [0.29, 0.717) is 45.7 Å². The molecule has 0 heterocycles. The third-order valence-corrected chi connectivity index (χ3v) is 4.62. The van der Waals surface area contributed by atoms with Crippen molar-refractivity contribution in [2.24, 2.45) is 16.9 Å². The molecule has 206 valence electrons. The van der Waals surface area contributed by atoms with E-state index in [-0.39, 0.29) is 19.8 Å². The fraction of sp³-hybridized carbons (Fsp3) is 0.870. The molecule has 0 saturated carbocycles. The van der Waals surface area contributed by atoms with Crippen LogP contribution in [0.25, 0.3) is 0 Å². The van der Waals surface area contributed by atoms with E-state index < -0.39 is 35.0 Å². The van der Waals surface area contributed by atoms with Crippen LogP contribution in [0.3, 0.4) is 0 Å². The summed E-state index contributed by atoms with van der Waals surface area (Å²) in [5.74, 6) is 0. The predicted octanol–water partition coefficient (Wildman–Crippen LogP) is 2.23. The van der Waals surface area contributed by atoms with Crippen LogP contribution in [0, 0.1) is 5.41 Å². The third-order valence-electron chi connectivity index (χ3n) is 4.62. The summed E-state index contributed by atoms with van der Waals surface area (Å²) >= 11 is 0. The van der Waals surface area contributed by atoms with E-state index in [1.54, 1.807) is 48.5 Å². The molecule has 0 aliphatic rings. The van der Waals surface area contributed by atoms with Gasteiger partial charge in [0.15, 0.2) is 0 Å². The fourth-order valence-corrected chi connectivity index (χ4v) is 2.70. The van der Waals surface area contributed by atoms with Gasteiger partial charge in [-0.15, -0.1) is 0 Å². The van der Waals surface area contributed by atoms with Crippen LogP contribution in [-0.4, -0.2) is 93.6 Å². The number of rotatable bonds is 14. The highest BCUT2D eigenvalue weighted by molar-refractivity contribution is 5.67. The average molecular weight is 507 g/mol. The number of alkyl carbamates (subject to hydrolysis) is 1. The first-order valence-corrected chi connectivity index (χ1v) is 11.9. The summed E-state index contributed by atoms with van der Waals surface area (Å²) in [4.78, 5) is 38.5. The van der Waals surface area contributed by atoms with Crippen molar-refractivity contribution < 1.29 is 38.1 Å². The summed E-state index contributed by atoms with van der Waals surface area (Å²) in [6, 6.07) is 0. The van der Waals surface area contributed by atoms with Crippen molar-refractivity contribution >= 4 is 18.4 Å². The van der Waals surface area contributed by atoms with Crippen molar-refractivity contribution in [3.05, 3.63) is 0 Å². The number of nitrogens with one attached hydrogen (secondary N) is 1. The molecule has 0 rings (SSSR count). The Kier molecular flexibility index (Phi) is 14.6. The molecule has 0 fully saturated rings. The lowest BCUT2D eigenvalue weighted by Gasteiger charge is -2.31. The molecular formula is C23H46N4O8. The van der Waals surface area contributed by atoms with Gasteiger partial charge in [-0.05, 0) is 48.0 Å². The zero-order chi connectivity index (χ0) is 27.1. The van der Waals surface area contributed by atoms with Crippen molar-refractivity contribution in [2.75, 3.05) is 59.1 Å². The van der Waals surface area contributed by atoms with Gasteiger partial charge in [0.2, 0.25) is 0 Å². The highest BCUT2D eigenvalue weighted by Crippen LogP contribution is 2.25. The predicted molar refractivity (Wildman–Crippen MR) is 131 cm³/mol. The minimum absolute atomic E-state index is 0.170. The van der Waals surface area contributed by atoms with Crippen LogP contribution in [0.4, 0.5) is 14.4 Å². The maximum atomic E-state index is 12.3. The van der Waals surface area contributed by atoms with Gasteiger partial charge in [0.1, 0.15) is 31.0 Å². The maximum Gasteiger partial charge on any atom is 0.508 e.